The maximum absolute atomic E-state index is 13.1. The summed E-state index contributed by atoms with van der Waals surface area (Å²) in [5.74, 6) is 0. The van der Waals surface area contributed by atoms with Crippen molar-refractivity contribution in [1.82, 2.24) is 9.71 Å². The van der Waals surface area contributed by atoms with Crippen LogP contribution >= 0.6 is 0 Å². The van der Waals surface area contributed by atoms with Gasteiger partial charge in [-0.15, -0.1) is 0 Å². The van der Waals surface area contributed by atoms with Gasteiger partial charge in [0, 0.05) is 11.9 Å². The first kappa shape index (κ1) is 22.0. The molecular formula is C18H16F3N3O4S2. The zero-order valence-corrected chi connectivity index (χ0v) is 17.1. The van der Waals surface area contributed by atoms with Crippen molar-refractivity contribution in [2.24, 2.45) is 0 Å². The number of anilines is 1. The van der Waals surface area contributed by atoms with Gasteiger partial charge in [-0.2, -0.15) is 13.2 Å². The second-order valence-electron chi connectivity index (χ2n) is 6.18. The van der Waals surface area contributed by atoms with Crippen molar-refractivity contribution in [2.45, 2.75) is 22.9 Å². The maximum atomic E-state index is 13.1. The summed E-state index contributed by atoms with van der Waals surface area (Å²) in [4.78, 5) is 3.44. The van der Waals surface area contributed by atoms with Crippen LogP contribution in [-0.2, 0) is 26.2 Å². The summed E-state index contributed by atoms with van der Waals surface area (Å²) in [6, 6.07) is 9.22. The third-order valence-corrected chi connectivity index (χ3v) is 7.01. The molecule has 1 aromatic heterocycles. The predicted molar refractivity (Wildman–Crippen MR) is 105 cm³/mol. The highest BCUT2D eigenvalue weighted by atomic mass is 32.2. The number of alkyl halides is 3. The van der Waals surface area contributed by atoms with Gasteiger partial charge in [-0.3, -0.25) is 9.71 Å². The summed E-state index contributed by atoms with van der Waals surface area (Å²) in [6.07, 6.45) is -3.61. The summed E-state index contributed by atoms with van der Waals surface area (Å²) >= 11 is 0. The Hall–Kier alpha value is -2.70. The molecule has 0 atom stereocenters. The number of para-hydroxylation sites is 1. The zero-order chi connectivity index (χ0) is 22.2. The Kier molecular flexibility index (Phi) is 5.76. The molecule has 0 aliphatic carbocycles. The molecule has 2 aromatic carbocycles. The van der Waals surface area contributed by atoms with Crippen LogP contribution in [0.3, 0.4) is 0 Å². The van der Waals surface area contributed by atoms with Gasteiger partial charge >= 0.3 is 6.18 Å². The van der Waals surface area contributed by atoms with E-state index in [9.17, 15) is 30.0 Å². The zero-order valence-electron chi connectivity index (χ0n) is 15.4. The number of aromatic nitrogens is 1. The lowest BCUT2D eigenvalue weighted by molar-refractivity contribution is -0.136. The molecule has 0 bridgehead atoms. The number of nitrogens with one attached hydrogen (secondary N) is 2. The van der Waals surface area contributed by atoms with Gasteiger partial charge < -0.3 is 0 Å². The normalized spacial score (nSPS) is 12.8. The van der Waals surface area contributed by atoms with Crippen LogP contribution in [0, 0.1) is 0 Å². The number of hydrogen-bond donors (Lipinski definition) is 2. The molecule has 0 saturated heterocycles. The molecule has 160 valence electrons. The molecule has 7 nitrogen and oxygen atoms in total. The van der Waals surface area contributed by atoms with Gasteiger partial charge in [0.15, 0.2) is 0 Å². The number of pyridine rings is 1. The summed E-state index contributed by atoms with van der Waals surface area (Å²) in [7, 11) is -7.86. The molecule has 0 spiro atoms. The van der Waals surface area contributed by atoms with Gasteiger partial charge in [0.2, 0.25) is 10.0 Å². The van der Waals surface area contributed by atoms with Crippen molar-refractivity contribution < 1.29 is 30.0 Å². The lowest BCUT2D eigenvalue weighted by atomic mass is 10.1. The minimum Gasteiger partial charge on any atom is -0.278 e. The Bertz CT molecular complexity index is 1290. The molecule has 0 amide bonds. The Labute approximate surface area is 171 Å². The topological polar surface area (TPSA) is 105 Å². The fourth-order valence-corrected chi connectivity index (χ4v) is 4.81. The van der Waals surface area contributed by atoms with Crippen LogP contribution in [0.25, 0.3) is 10.9 Å². The summed E-state index contributed by atoms with van der Waals surface area (Å²) in [6.45, 7) is 1.78. The smallest absolute Gasteiger partial charge is 0.278 e. The molecule has 2 N–H and O–H groups in total. The van der Waals surface area contributed by atoms with E-state index in [0.717, 1.165) is 36.5 Å². The Morgan fingerprint density at radius 3 is 2.10 bits per heavy atom. The average Bonchev–Trinajstić information content (AvgIpc) is 2.66. The predicted octanol–water partition coefficient (Wildman–Crippen LogP) is 3.35. The maximum Gasteiger partial charge on any atom is 0.418 e. The quantitative estimate of drug-likeness (QED) is 0.588. The molecule has 3 rings (SSSR count). The van der Waals surface area contributed by atoms with E-state index in [-0.39, 0.29) is 32.9 Å². The van der Waals surface area contributed by atoms with E-state index >= 15 is 0 Å². The van der Waals surface area contributed by atoms with Crippen LogP contribution in [-0.4, -0.2) is 28.4 Å². The minimum absolute atomic E-state index is 0.0360. The standard InChI is InChI=1S/C18H16F3N3O4S2/c1-2-23-29(25,26)14-6-8-15(9-7-14)30(27,28)24-13-10-12-4-3-5-16(18(19,20)21)17(12)22-11-13/h3-11,23-24H,2H2,1H3. The SMILES string of the molecule is CCNS(=O)(=O)c1ccc(S(=O)(=O)Nc2cnc3c(C(F)(F)F)cccc3c2)cc1. The van der Waals surface area contributed by atoms with Gasteiger partial charge in [-0.1, -0.05) is 19.1 Å². The first-order valence-electron chi connectivity index (χ1n) is 8.52. The third-order valence-electron chi connectivity index (χ3n) is 4.05. The molecule has 3 aromatic rings. The summed E-state index contributed by atoms with van der Waals surface area (Å²) < 4.78 is 92.8. The Balaban J connectivity index is 1.91. The van der Waals surface area contributed by atoms with Crippen LogP contribution < -0.4 is 9.44 Å². The van der Waals surface area contributed by atoms with E-state index in [0.29, 0.717) is 0 Å². The highest BCUT2D eigenvalue weighted by Gasteiger charge is 2.33. The van der Waals surface area contributed by atoms with Crippen LogP contribution in [0.5, 0.6) is 0 Å². The van der Waals surface area contributed by atoms with E-state index in [1.807, 2.05) is 0 Å². The molecule has 12 heteroatoms. The first-order valence-corrected chi connectivity index (χ1v) is 11.5. The molecule has 30 heavy (non-hydrogen) atoms. The monoisotopic (exact) mass is 459 g/mol. The van der Waals surface area contributed by atoms with Crippen LogP contribution in [0.15, 0.2) is 64.5 Å². The number of hydrogen-bond acceptors (Lipinski definition) is 5. The van der Waals surface area contributed by atoms with Crippen molar-refractivity contribution in [2.75, 3.05) is 11.3 Å². The third kappa shape index (κ3) is 4.55. The van der Waals surface area contributed by atoms with Crippen LogP contribution in [0.2, 0.25) is 0 Å². The van der Waals surface area contributed by atoms with Gasteiger partial charge in [0.25, 0.3) is 10.0 Å². The summed E-state index contributed by atoms with van der Waals surface area (Å²) in [5.41, 5.74) is -1.26. The fourth-order valence-electron chi connectivity index (χ4n) is 2.73. The number of benzene rings is 2. The molecule has 1 heterocycles. The van der Waals surface area contributed by atoms with Gasteiger partial charge in [0.05, 0.1) is 32.8 Å². The van der Waals surface area contributed by atoms with Crippen LogP contribution in [0.4, 0.5) is 18.9 Å². The molecule has 0 aliphatic heterocycles. The molecule has 0 unspecified atom stereocenters. The van der Waals surface area contributed by atoms with E-state index in [1.54, 1.807) is 6.92 Å². The molecule has 0 aliphatic rings. The number of sulfonamides is 2. The number of halogens is 3. The van der Waals surface area contributed by atoms with Crippen molar-refractivity contribution in [3.8, 4) is 0 Å². The van der Waals surface area contributed by atoms with Crippen molar-refractivity contribution in [3.05, 3.63) is 60.3 Å². The minimum atomic E-state index is -4.59. The Morgan fingerprint density at radius 1 is 0.933 bits per heavy atom. The van der Waals surface area contributed by atoms with Gasteiger partial charge in [0.1, 0.15) is 0 Å². The van der Waals surface area contributed by atoms with Gasteiger partial charge in [-0.25, -0.2) is 21.6 Å². The number of rotatable bonds is 6. The molecule has 0 saturated carbocycles. The second kappa shape index (κ2) is 7.85. The summed E-state index contributed by atoms with van der Waals surface area (Å²) in [5, 5.41) is 0.108. The van der Waals surface area contributed by atoms with Gasteiger partial charge in [-0.05, 0) is 36.4 Å². The highest BCUT2D eigenvalue weighted by molar-refractivity contribution is 7.92. The lowest BCUT2D eigenvalue weighted by Crippen LogP contribution is -2.23. The molecular weight excluding hydrogens is 443 g/mol. The Morgan fingerprint density at radius 2 is 1.53 bits per heavy atom. The fraction of sp³-hybridized carbons (Fsp3) is 0.167. The lowest BCUT2D eigenvalue weighted by Gasteiger charge is -2.12. The van der Waals surface area contributed by atoms with Crippen molar-refractivity contribution >= 4 is 36.6 Å². The average molecular weight is 459 g/mol. The van der Waals surface area contributed by atoms with E-state index in [4.69, 9.17) is 0 Å². The van der Waals surface area contributed by atoms with E-state index < -0.39 is 31.8 Å². The number of fused-ring (bicyclic) bond motifs is 1. The van der Waals surface area contributed by atoms with E-state index in [1.165, 1.54) is 18.2 Å². The first-order chi connectivity index (χ1) is 13.9. The molecule has 0 fully saturated rings. The van der Waals surface area contributed by atoms with Crippen LogP contribution in [0.1, 0.15) is 12.5 Å². The second-order valence-corrected chi connectivity index (χ2v) is 9.63. The van der Waals surface area contributed by atoms with E-state index in [2.05, 4.69) is 14.4 Å². The molecule has 0 radical (unpaired) electrons. The highest BCUT2D eigenvalue weighted by Crippen LogP contribution is 2.34. The number of nitrogens with zero attached hydrogens (tertiary/aromatic N) is 1. The van der Waals surface area contributed by atoms with Crippen molar-refractivity contribution in [3.63, 3.8) is 0 Å². The van der Waals surface area contributed by atoms with Crippen molar-refractivity contribution in [1.29, 1.82) is 0 Å². The largest absolute Gasteiger partial charge is 0.418 e.